The van der Waals surface area contributed by atoms with E-state index in [9.17, 15) is 0 Å². The smallest absolute Gasteiger partial charge is 0.125 e. The molecule has 1 aromatic heterocycles. The van der Waals surface area contributed by atoms with Crippen LogP contribution in [0.5, 0.6) is 0 Å². The minimum atomic E-state index is 0.275. The van der Waals surface area contributed by atoms with E-state index in [4.69, 9.17) is 1.37 Å². The van der Waals surface area contributed by atoms with Gasteiger partial charge in [0.15, 0.2) is 0 Å². The maximum absolute atomic E-state index is 6.98. The summed E-state index contributed by atoms with van der Waals surface area (Å²) >= 11 is 0. The Hall–Kier alpha value is -0.920. The average Bonchev–Trinajstić information content (AvgIpc) is 1.64. The van der Waals surface area contributed by atoms with Gasteiger partial charge in [-0.15, -0.1) is 0 Å². The Bertz CT molecular complexity index is 170. The quantitative estimate of drug-likeness (QED) is 0.476. The van der Waals surface area contributed by atoms with Gasteiger partial charge in [0.05, 0.1) is 1.37 Å². The van der Waals surface area contributed by atoms with Crippen LogP contribution in [-0.4, -0.2) is 9.97 Å². The van der Waals surface area contributed by atoms with Crippen LogP contribution in [0.25, 0.3) is 0 Å². The summed E-state index contributed by atoms with van der Waals surface area (Å²) in [5.74, 6) is 0.650. The van der Waals surface area contributed by atoms with Gasteiger partial charge in [-0.2, -0.15) is 0 Å². The molecule has 0 bridgehead atoms. The highest BCUT2D eigenvalue weighted by atomic mass is 14.8. The highest BCUT2D eigenvalue weighted by Gasteiger charge is 1.74. The Morgan fingerprint density at radius 1 is 1.71 bits per heavy atom. The van der Waals surface area contributed by atoms with E-state index >= 15 is 0 Å². The predicted molar refractivity (Wildman–Crippen MR) is 26.8 cm³/mol. The predicted octanol–water partition coefficient (Wildman–Crippen LogP) is 0.785. The third kappa shape index (κ3) is 0.961. The molecular weight excluding hydrogens is 88.1 g/mol. The van der Waals surface area contributed by atoms with Gasteiger partial charge in [-0.25, -0.2) is 9.97 Å². The normalized spacial score (nSPS) is 10.7. The fourth-order valence-electron chi connectivity index (χ4n) is 0.338. The molecule has 36 valence electrons. The Balaban J connectivity index is 3.08. The molecule has 0 spiro atoms. The molecule has 0 fully saturated rings. The van der Waals surface area contributed by atoms with E-state index in [2.05, 4.69) is 9.97 Å². The van der Waals surface area contributed by atoms with E-state index in [0.29, 0.717) is 5.82 Å². The lowest BCUT2D eigenvalue weighted by Crippen LogP contribution is -1.80. The number of hydrogen-bond donors (Lipinski definition) is 0. The minimum Gasteiger partial charge on any atom is -0.242 e. The van der Waals surface area contributed by atoms with Gasteiger partial charge in [0, 0.05) is 12.4 Å². The van der Waals surface area contributed by atoms with Gasteiger partial charge >= 0.3 is 0 Å². The average molecular weight is 95.1 g/mol. The first-order chi connectivity index (χ1) is 3.79. The lowest BCUT2D eigenvalue weighted by atomic mass is 10.6. The standard InChI is InChI=1S/C5H6N2/c1-5-6-3-2-4-7-5/h2-4H,1H3/i3D. The van der Waals surface area contributed by atoms with Crippen molar-refractivity contribution in [1.29, 1.82) is 0 Å². The van der Waals surface area contributed by atoms with Crippen LogP contribution in [0.2, 0.25) is 0 Å². The summed E-state index contributed by atoms with van der Waals surface area (Å²) in [7, 11) is 0. The first kappa shape index (κ1) is 3.13. The molecule has 0 aliphatic heterocycles. The Morgan fingerprint density at radius 2 is 2.57 bits per heavy atom. The van der Waals surface area contributed by atoms with Crippen molar-refractivity contribution in [2.24, 2.45) is 0 Å². The highest BCUT2D eigenvalue weighted by Crippen LogP contribution is 1.78. The van der Waals surface area contributed by atoms with Crippen molar-refractivity contribution in [2.45, 2.75) is 6.92 Å². The van der Waals surface area contributed by atoms with Gasteiger partial charge in [0.1, 0.15) is 5.82 Å². The fraction of sp³-hybridized carbons (Fsp3) is 0.200. The molecule has 0 atom stereocenters. The Labute approximate surface area is 43.6 Å². The molecule has 0 N–H and O–H groups in total. The van der Waals surface area contributed by atoms with E-state index in [1.165, 1.54) is 0 Å². The summed E-state index contributed by atoms with van der Waals surface area (Å²) in [4.78, 5) is 7.54. The number of hydrogen-bond acceptors (Lipinski definition) is 2. The zero-order chi connectivity index (χ0) is 5.98. The van der Waals surface area contributed by atoms with Crippen molar-refractivity contribution >= 4 is 0 Å². The monoisotopic (exact) mass is 95.1 g/mol. The van der Waals surface area contributed by atoms with Gasteiger partial charge in [-0.3, -0.25) is 0 Å². The van der Waals surface area contributed by atoms with Crippen LogP contribution >= 0.6 is 0 Å². The molecule has 0 amide bonds. The Morgan fingerprint density at radius 3 is 3.00 bits per heavy atom. The molecule has 0 aromatic carbocycles. The Kier molecular flexibility index (Phi) is 0.754. The summed E-state index contributed by atoms with van der Waals surface area (Å²) in [5, 5.41) is 0. The molecule has 0 aliphatic rings. The SMILES string of the molecule is [2H]c1ccnc(C)n1. The van der Waals surface area contributed by atoms with E-state index in [1.54, 1.807) is 19.2 Å². The van der Waals surface area contributed by atoms with Crippen molar-refractivity contribution < 1.29 is 1.37 Å². The first-order valence-corrected chi connectivity index (χ1v) is 2.05. The number of nitrogens with zero attached hydrogens (tertiary/aromatic N) is 2. The van der Waals surface area contributed by atoms with E-state index in [-0.39, 0.29) is 6.17 Å². The number of aromatic nitrogens is 2. The minimum absolute atomic E-state index is 0.275. The third-order valence-electron chi connectivity index (χ3n) is 0.637. The summed E-state index contributed by atoms with van der Waals surface area (Å²) < 4.78 is 6.98. The second-order valence-corrected chi connectivity index (χ2v) is 1.23. The molecule has 0 saturated heterocycles. The third-order valence-corrected chi connectivity index (χ3v) is 0.637. The lowest BCUT2D eigenvalue weighted by molar-refractivity contribution is 1.05. The number of rotatable bonds is 0. The van der Waals surface area contributed by atoms with Gasteiger partial charge < -0.3 is 0 Å². The summed E-state index contributed by atoms with van der Waals surface area (Å²) in [6, 6.07) is 1.55. The van der Waals surface area contributed by atoms with Crippen molar-refractivity contribution in [3.05, 3.63) is 24.3 Å². The lowest BCUT2D eigenvalue weighted by Gasteiger charge is -1.81. The van der Waals surface area contributed by atoms with Gasteiger partial charge in [0.2, 0.25) is 0 Å². The van der Waals surface area contributed by atoms with E-state index in [0.717, 1.165) is 0 Å². The largest absolute Gasteiger partial charge is 0.242 e. The molecule has 1 rings (SSSR count). The summed E-state index contributed by atoms with van der Waals surface area (Å²) in [5.41, 5.74) is 0. The van der Waals surface area contributed by atoms with Crippen molar-refractivity contribution in [1.82, 2.24) is 9.97 Å². The van der Waals surface area contributed by atoms with Gasteiger partial charge in [-0.1, -0.05) is 0 Å². The van der Waals surface area contributed by atoms with Crippen molar-refractivity contribution in [3.63, 3.8) is 0 Å². The fourth-order valence-corrected chi connectivity index (χ4v) is 0.338. The molecule has 7 heavy (non-hydrogen) atoms. The van der Waals surface area contributed by atoms with Gasteiger partial charge in [0.25, 0.3) is 0 Å². The second kappa shape index (κ2) is 1.69. The molecular formula is C5H6N2. The summed E-state index contributed by atoms with van der Waals surface area (Å²) in [6.07, 6.45) is 1.85. The van der Waals surface area contributed by atoms with Crippen LogP contribution in [0.3, 0.4) is 0 Å². The van der Waals surface area contributed by atoms with Crippen molar-refractivity contribution in [3.8, 4) is 0 Å². The maximum atomic E-state index is 6.98. The molecule has 2 nitrogen and oxygen atoms in total. The molecule has 1 aromatic rings. The zero-order valence-electron chi connectivity index (χ0n) is 5.05. The molecule has 2 heteroatoms. The first-order valence-electron chi connectivity index (χ1n) is 2.55. The summed E-state index contributed by atoms with van der Waals surface area (Å²) in [6.45, 7) is 1.76. The van der Waals surface area contributed by atoms with Crippen molar-refractivity contribution in [2.75, 3.05) is 0 Å². The van der Waals surface area contributed by atoms with Crippen LogP contribution in [0.1, 0.15) is 7.20 Å². The molecule has 0 radical (unpaired) electrons. The second-order valence-electron chi connectivity index (χ2n) is 1.23. The van der Waals surface area contributed by atoms with Crippen LogP contribution in [0.15, 0.2) is 18.4 Å². The number of aryl methyl sites for hydroxylation is 1. The van der Waals surface area contributed by atoms with Crippen LogP contribution in [-0.2, 0) is 0 Å². The van der Waals surface area contributed by atoms with Crippen LogP contribution in [0.4, 0.5) is 0 Å². The zero-order valence-corrected chi connectivity index (χ0v) is 4.05. The van der Waals surface area contributed by atoms with E-state index < -0.39 is 0 Å². The molecule has 0 saturated carbocycles. The molecule has 0 unspecified atom stereocenters. The maximum Gasteiger partial charge on any atom is 0.125 e. The topological polar surface area (TPSA) is 25.8 Å². The van der Waals surface area contributed by atoms with Crippen LogP contribution in [0, 0.1) is 6.92 Å². The van der Waals surface area contributed by atoms with Gasteiger partial charge in [-0.05, 0) is 13.0 Å². The molecule has 1 heterocycles. The van der Waals surface area contributed by atoms with Crippen LogP contribution < -0.4 is 0 Å². The molecule has 0 aliphatic carbocycles. The van der Waals surface area contributed by atoms with E-state index in [1.807, 2.05) is 0 Å². The highest BCUT2D eigenvalue weighted by molar-refractivity contribution is 4.83.